The third-order valence-corrected chi connectivity index (χ3v) is 3.52. The molecule has 0 aliphatic carbocycles. The lowest BCUT2D eigenvalue weighted by Crippen LogP contribution is -2.40. The Bertz CT molecular complexity index is 147. The quantitative estimate of drug-likeness (QED) is 0.551. The standard InChI is InChI=1S/C9H17NS2/c1-9-8-12-7-5-10(9)4-2-3-6-11/h2-3,9,11H,4-8H2,1H3/b3-2+. The van der Waals surface area contributed by atoms with Crippen LogP contribution in [0.2, 0.25) is 0 Å². The van der Waals surface area contributed by atoms with Crippen LogP contribution in [0.5, 0.6) is 0 Å². The van der Waals surface area contributed by atoms with Gasteiger partial charge < -0.3 is 0 Å². The fourth-order valence-corrected chi connectivity index (χ4v) is 2.55. The van der Waals surface area contributed by atoms with Crippen molar-refractivity contribution in [3.05, 3.63) is 12.2 Å². The van der Waals surface area contributed by atoms with Gasteiger partial charge >= 0.3 is 0 Å². The highest BCUT2D eigenvalue weighted by molar-refractivity contribution is 7.99. The van der Waals surface area contributed by atoms with E-state index >= 15 is 0 Å². The maximum absolute atomic E-state index is 4.13. The summed E-state index contributed by atoms with van der Waals surface area (Å²) in [5.74, 6) is 3.44. The average molecular weight is 203 g/mol. The molecule has 1 rings (SSSR count). The van der Waals surface area contributed by atoms with Crippen molar-refractivity contribution < 1.29 is 0 Å². The van der Waals surface area contributed by atoms with Crippen LogP contribution in [0, 0.1) is 0 Å². The highest BCUT2D eigenvalue weighted by atomic mass is 32.2. The van der Waals surface area contributed by atoms with Crippen molar-refractivity contribution in [2.24, 2.45) is 0 Å². The molecule has 0 aromatic carbocycles. The van der Waals surface area contributed by atoms with E-state index in [9.17, 15) is 0 Å². The summed E-state index contributed by atoms with van der Waals surface area (Å²) in [6.07, 6.45) is 4.34. The lowest BCUT2D eigenvalue weighted by Gasteiger charge is -2.31. The Kier molecular flexibility index (Phi) is 5.19. The highest BCUT2D eigenvalue weighted by Crippen LogP contribution is 2.15. The van der Waals surface area contributed by atoms with Gasteiger partial charge in [0.2, 0.25) is 0 Å². The van der Waals surface area contributed by atoms with Crippen molar-refractivity contribution in [1.29, 1.82) is 0 Å². The Morgan fingerprint density at radius 2 is 2.42 bits per heavy atom. The predicted molar refractivity (Wildman–Crippen MR) is 61.4 cm³/mol. The van der Waals surface area contributed by atoms with Crippen LogP contribution in [0.25, 0.3) is 0 Å². The number of thioether (sulfide) groups is 1. The van der Waals surface area contributed by atoms with Crippen LogP contribution in [0.15, 0.2) is 12.2 Å². The molecular formula is C9H17NS2. The van der Waals surface area contributed by atoms with Crippen molar-refractivity contribution >= 4 is 24.4 Å². The van der Waals surface area contributed by atoms with E-state index in [0.717, 1.165) is 18.3 Å². The van der Waals surface area contributed by atoms with Crippen LogP contribution >= 0.6 is 24.4 Å². The van der Waals surface area contributed by atoms with Gasteiger partial charge in [0.05, 0.1) is 0 Å². The molecule has 70 valence electrons. The summed E-state index contributed by atoms with van der Waals surface area (Å²) in [7, 11) is 0. The molecule has 12 heavy (non-hydrogen) atoms. The molecule has 1 fully saturated rings. The van der Waals surface area contributed by atoms with Gasteiger partial charge in [-0.05, 0) is 6.92 Å². The third kappa shape index (κ3) is 3.42. The molecule has 0 amide bonds. The van der Waals surface area contributed by atoms with Gasteiger partial charge in [-0.25, -0.2) is 0 Å². The second-order valence-electron chi connectivity index (χ2n) is 3.07. The summed E-state index contributed by atoms with van der Waals surface area (Å²) >= 11 is 6.20. The molecular weight excluding hydrogens is 186 g/mol. The zero-order valence-corrected chi connectivity index (χ0v) is 9.28. The largest absolute Gasteiger partial charge is 0.295 e. The van der Waals surface area contributed by atoms with Crippen molar-refractivity contribution in [2.45, 2.75) is 13.0 Å². The summed E-state index contributed by atoms with van der Waals surface area (Å²) < 4.78 is 0. The molecule has 1 atom stereocenters. The lowest BCUT2D eigenvalue weighted by molar-refractivity contribution is 0.258. The monoisotopic (exact) mass is 203 g/mol. The van der Waals surface area contributed by atoms with Gasteiger partial charge in [0, 0.05) is 36.4 Å². The second kappa shape index (κ2) is 5.95. The van der Waals surface area contributed by atoms with Crippen molar-refractivity contribution in [3.63, 3.8) is 0 Å². The molecule has 1 aliphatic heterocycles. The predicted octanol–water partition coefficient (Wildman–Crippen LogP) is 1.91. The zero-order valence-electron chi connectivity index (χ0n) is 7.57. The van der Waals surface area contributed by atoms with Crippen LogP contribution in [-0.2, 0) is 0 Å². The molecule has 0 aromatic heterocycles. The molecule has 0 aromatic rings. The van der Waals surface area contributed by atoms with E-state index in [0.29, 0.717) is 0 Å². The summed E-state index contributed by atoms with van der Waals surface area (Å²) in [6, 6.07) is 0.744. The summed E-state index contributed by atoms with van der Waals surface area (Å²) in [6.45, 7) is 4.64. The maximum Gasteiger partial charge on any atom is 0.0167 e. The summed E-state index contributed by atoms with van der Waals surface area (Å²) in [5, 5.41) is 0. The van der Waals surface area contributed by atoms with E-state index in [1.165, 1.54) is 18.1 Å². The van der Waals surface area contributed by atoms with E-state index in [2.05, 4.69) is 48.4 Å². The summed E-state index contributed by atoms with van der Waals surface area (Å²) in [5.41, 5.74) is 0. The van der Waals surface area contributed by atoms with Crippen LogP contribution < -0.4 is 0 Å². The SMILES string of the molecule is CC1CSCCN1C/C=C/CS. The molecule has 1 saturated heterocycles. The normalized spacial score (nSPS) is 26.7. The van der Waals surface area contributed by atoms with Crippen molar-refractivity contribution in [1.82, 2.24) is 4.90 Å². The minimum Gasteiger partial charge on any atom is -0.295 e. The molecule has 0 N–H and O–H groups in total. The van der Waals surface area contributed by atoms with Crippen LogP contribution in [0.3, 0.4) is 0 Å². The number of rotatable bonds is 3. The fraction of sp³-hybridized carbons (Fsp3) is 0.778. The Labute approximate surface area is 85.0 Å². The molecule has 1 aliphatic rings. The van der Waals surface area contributed by atoms with E-state index in [-0.39, 0.29) is 0 Å². The molecule has 3 heteroatoms. The van der Waals surface area contributed by atoms with Crippen LogP contribution in [0.4, 0.5) is 0 Å². The Hall–Kier alpha value is 0.400. The van der Waals surface area contributed by atoms with E-state index < -0.39 is 0 Å². The minimum absolute atomic E-state index is 0.744. The van der Waals surface area contributed by atoms with Gasteiger partial charge in [-0.3, -0.25) is 4.90 Å². The first-order valence-corrected chi connectivity index (χ1v) is 6.21. The molecule has 1 unspecified atom stereocenters. The van der Waals surface area contributed by atoms with Gasteiger partial charge in [-0.1, -0.05) is 12.2 Å². The average Bonchev–Trinajstić information content (AvgIpc) is 2.09. The molecule has 1 heterocycles. The molecule has 0 bridgehead atoms. The summed E-state index contributed by atoms with van der Waals surface area (Å²) in [4.78, 5) is 2.52. The third-order valence-electron chi connectivity index (χ3n) is 2.12. The first-order valence-electron chi connectivity index (χ1n) is 4.42. The Balaban J connectivity index is 2.24. The number of hydrogen-bond acceptors (Lipinski definition) is 3. The van der Waals surface area contributed by atoms with Crippen LogP contribution in [-0.4, -0.2) is 41.3 Å². The minimum atomic E-state index is 0.744. The number of nitrogens with zero attached hydrogens (tertiary/aromatic N) is 1. The van der Waals surface area contributed by atoms with Gasteiger partial charge in [0.15, 0.2) is 0 Å². The van der Waals surface area contributed by atoms with E-state index in [1.54, 1.807) is 0 Å². The topological polar surface area (TPSA) is 3.24 Å². The van der Waals surface area contributed by atoms with Gasteiger partial charge in [-0.2, -0.15) is 24.4 Å². The Morgan fingerprint density at radius 3 is 3.08 bits per heavy atom. The maximum atomic E-state index is 4.13. The van der Waals surface area contributed by atoms with Crippen molar-refractivity contribution in [3.8, 4) is 0 Å². The van der Waals surface area contributed by atoms with Crippen molar-refractivity contribution in [2.75, 3.05) is 30.3 Å². The number of hydrogen-bond donors (Lipinski definition) is 1. The molecule has 0 saturated carbocycles. The number of thiol groups is 1. The zero-order chi connectivity index (χ0) is 8.81. The molecule has 1 nitrogen and oxygen atoms in total. The Morgan fingerprint density at radius 1 is 1.58 bits per heavy atom. The molecule has 0 spiro atoms. The smallest absolute Gasteiger partial charge is 0.0167 e. The highest BCUT2D eigenvalue weighted by Gasteiger charge is 2.16. The van der Waals surface area contributed by atoms with Crippen LogP contribution in [0.1, 0.15) is 6.92 Å². The molecule has 0 radical (unpaired) electrons. The van der Waals surface area contributed by atoms with E-state index in [1.807, 2.05) is 0 Å². The van der Waals surface area contributed by atoms with E-state index in [4.69, 9.17) is 0 Å². The second-order valence-corrected chi connectivity index (χ2v) is 4.59. The fourth-order valence-electron chi connectivity index (χ4n) is 1.32. The lowest BCUT2D eigenvalue weighted by atomic mass is 10.3. The van der Waals surface area contributed by atoms with Gasteiger partial charge in [0.25, 0.3) is 0 Å². The first kappa shape index (κ1) is 10.5. The van der Waals surface area contributed by atoms with Gasteiger partial charge in [-0.15, -0.1) is 0 Å². The van der Waals surface area contributed by atoms with Gasteiger partial charge in [0.1, 0.15) is 0 Å². The first-order chi connectivity index (χ1) is 5.84.